The zero-order valence-corrected chi connectivity index (χ0v) is 32.6. The Morgan fingerprint density at radius 1 is 0.983 bits per heavy atom. The summed E-state index contributed by atoms with van der Waals surface area (Å²) in [7, 11) is 1.69. The van der Waals surface area contributed by atoms with Crippen LogP contribution in [0.15, 0.2) is 66.0 Å². The molecule has 2 saturated heterocycles. The lowest BCUT2D eigenvalue weighted by Crippen LogP contribution is -2.48. The van der Waals surface area contributed by atoms with Gasteiger partial charge in [-0.15, -0.1) is 0 Å². The van der Waals surface area contributed by atoms with Crippen LogP contribution < -0.4 is 16.3 Å². The van der Waals surface area contributed by atoms with E-state index in [2.05, 4.69) is 42.2 Å². The molecule has 1 atom stereocenters. The lowest BCUT2D eigenvalue weighted by molar-refractivity contribution is -0.135. The fourth-order valence-corrected chi connectivity index (χ4v) is 8.39. The van der Waals surface area contributed by atoms with Crippen LogP contribution in [0, 0.1) is 36.0 Å². The molecule has 3 fully saturated rings. The number of amides is 3. The number of carbonyl (C=O) groups is 3. The van der Waals surface area contributed by atoms with E-state index in [-0.39, 0.29) is 36.4 Å². The normalized spacial score (nSPS) is 20.3. The van der Waals surface area contributed by atoms with Crippen LogP contribution in [0.2, 0.25) is 0 Å². The molecule has 15 heteroatoms. The van der Waals surface area contributed by atoms with E-state index in [9.17, 15) is 24.4 Å². The lowest BCUT2D eigenvalue weighted by atomic mass is 9.85. The molecule has 4 aromatic heterocycles. The minimum Gasteiger partial charge on any atom is -0.319 e. The van der Waals surface area contributed by atoms with Crippen LogP contribution in [0.25, 0.3) is 22.4 Å². The van der Waals surface area contributed by atoms with E-state index in [1.54, 1.807) is 17.8 Å². The number of imide groups is 1. The molecule has 1 aromatic carbocycles. The molecule has 5 aromatic rings. The predicted molar refractivity (Wildman–Crippen MR) is 216 cm³/mol. The summed E-state index contributed by atoms with van der Waals surface area (Å²) in [4.78, 5) is 64.4. The molecule has 2 N–H and O–H groups in total. The molecule has 1 saturated carbocycles. The number of hydrogen-bond donors (Lipinski definition) is 2. The molecule has 3 aliphatic rings. The Bertz CT molecular complexity index is 2540. The third-order valence-corrected chi connectivity index (χ3v) is 11.6. The fourth-order valence-electron chi connectivity index (χ4n) is 8.39. The number of para-hydroxylation sites is 1. The number of fused-ring (bicyclic) bond motifs is 1. The van der Waals surface area contributed by atoms with Gasteiger partial charge in [0.15, 0.2) is 0 Å². The first-order valence-electron chi connectivity index (χ1n) is 19.8. The van der Waals surface area contributed by atoms with Crippen molar-refractivity contribution in [2.24, 2.45) is 13.0 Å². The lowest BCUT2D eigenvalue weighted by Gasteiger charge is -2.37. The Hall–Kier alpha value is -6.42. The van der Waals surface area contributed by atoms with Crippen molar-refractivity contribution in [3.63, 3.8) is 0 Å². The number of piperidine rings is 1. The Morgan fingerprint density at radius 3 is 2.52 bits per heavy atom. The smallest absolute Gasteiger partial charge is 0.319 e. The molecule has 15 nitrogen and oxygen atoms in total. The van der Waals surface area contributed by atoms with Crippen LogP contribution in [0.1, 0.15) is 77.7 Å². The molecule has 8 rings (SSSR count). The van der Waals surface area contributed by atoms with Crippen molar-refractivity contribution < 1.29 is 14.4 Å². The predicted octanol–water partition coefficient (Wildman–Crippen LogP) is 3.80. The van der Waals surface area contributed by atoms with E-state index in [0.29, 0.717) is 51.7 Å². The number of carbonyl (C=O) groups excluding carboxylic acids is 3. The molecule has 1 aliphatic carbocycles. The number of rotatable bonds is 8. The minimum atomic E-state index is -0.732. The highest BCUT2D eigenvalue weighted by Crippen LogP contribution is 2.35. The van der Waals surface area contributed by atoms with Gasteiger partial charge in [0.2, 0.25) is 11.8 Å². The van der Waals surface area contributed by atoms with E-state index < -0.39 is 11.9 Å². The Kier molecular flexibility index (Phi) is 11.0. The number of nitrogens with one attached hydrogen (secondary N) is 2. The largest absolute Gasteiger partial charge is 0.329 e. The van der Waals surface area contributed by atoms with Gasteiger partial charge >= 0.3 is 5.69 Å². The summed E-state index contributed by atoms with van der Waals surface area (Å²) in [5.41, 5.74) is 5.25. The van der Waals surface area contributed by atoms with Crippen molar-refractivity contribution in [3.8, 4) is 29.3 Å². The van der Waals surface area contributed by atoms with Gasteiger partial charge in [-0.05, 0) is 74.8 Å². The van der Waals surface area contributed by atoms with Crippen molar-refractivity contribution in [3.05, 3.63) is 93.9 Å². The van der Waals surface area contributed by atoms with E-state index >= 15 is 0 Å². The summed E-state index contributed by atoms with van der Waals surface area (Å²) < 4.78 is 5.02. The van der Waals surface area contributed by atoms with Crippen LogP contribution in [-0.2, 0) is 16.6 Å². The molecule has 6 heterocycles. The quantitative estimate of drug-likeness (QED) is 0.174. The molecular formula is C43H45N11O4. The molecule has 1 unspecified atom stereocenters. The van der Waals surface area contributed by atoms with Gasteiger partial charge in [0.1, 0.15) is 17.8 Å². The summed E-state index contributed by atoms with van der Waals surface area (Å²) in [6, 6.07) is 12.5. The number of benzene rings is 1. The average Bonchev–Trinajstić information content (AvgIpc) is 3.76. The fraction of sp³-hybridized carbons (Fsp3) is 0.395. The third-order valence-electron chi connectivity index (χ3n) is 11.6. The molecule has 296 valence electrons. The first kappa shape index (κ1) is 38.5. The Morgan fingerprint density at radius 2 is 1.78 bits per heavy atom. The SMILES string of the molecule is Cc1ccc(-c2nn([C@H]3CC[C@H](CN4CCN(CC#Cc5cccc6c5n(C)c(=O)n6C5CCC(=O)NC5=O)CC4)CC3)cc2NC(=O)c2cncc(C#N)c2)nc1. The zero-order chi connectivity index (χ0) is 40.3. The Balaban J connectivity index is 0.854. The summed E-state index contributed by atoms with van der Waals surface area (Å²) in [5, 5.41) is 19.6. The second kappa shape index (κ2) is 16.6. The van der Waals surface area contributed by atoms with Gasteiger partial charge in [0.05, 0.1) is 51.7 Å². The number of pyridine rings is 2. The highest BCUT2D eigenvalue weighted by Gasteiger charge is 2.32. The number of anilines is 1. The van der Waals surface area contributed by atoms with Gasteiger partial charge < -0.3 is 10.2 Å². The first-order valence-corrected chi connectivity index (χ1v) is 19.8. The van der Waals surface area contributed by atoms with Crippen molar-refractivity contribution in [1.82, 2.24) is 44.0 Å². The monoisotopic (exact) mass is 779 g/mol. The highest BCUT2D eigenvalue weighted by molar-refractivity contribution is 6.05. The van der Waals surface area contributed by atoms with Crippen molar-refractivity contribution in [2.45, 2.75) is 57.5 Å². The van der Waals surface area contributed by atoms with E-state index in [4.69, 9.17) is 5.10 Å². The van der Waals surface area contributed by atoms with E-state index in [0.717, 1.165) is 69.5 Å². The van der Waals surface area contributed by atoms with E-state index in [1.165, 1.54) is 23.0 Å². The van der Waals surface area contributed by atoms with Gasteiger partial charge in [-0.3, -0.25) is 48.4 Å². The summed E-state index contributed by atoms with van der Waals surface area (Å²) in [6.45, 7) is 7.45. The number of nitrogens with zero attached hydrogens (tertiary/aromatic N) is 9. The first-order chi connectivity index (χ1) is 28.1. The van der Waals surface area contributed by atoms with Crippen molar-refractivity contribution >= 4 is 34.4 Å². The maximum absolute atomic E-state index is 13.3. The van der Waals surface area contributed by atoms with Crippen LogP contribution in [0.5, 0.6) is 0 Å². The number of imidazole rings is 1. The van der Waals surface area contributed by atoms with Crippen molar-refractivity contribution in [1.29, 1.82) is 5.26 Å². The second-order valence-corrected chi connectivity index (χ2v) is 15.5. The summed E-state index contributed by atoms with van der Waals surface area (Å²) in [5.74, 6) is 6.08. The number of hydrogen-bond acceptors (Lipinski definition) is 10. The Labute approximate surface area is 335 Å². The minimum absolute atomic E-state index is 0.194. The average molecular weight is 780 g/mol. The molecule has 0 radical (unpaired) electrons. The number of piperazine rings is 1. The number of aromatic nitrogens is 6. The molecule has 3 amide bonds. The van der Waals surface area contributed by atoms with Crippen LogP contribution in [0.3, 0.4) is 0 Å². The number of aryl methyl sites for hydroxylation is 2. The van der Waals surface area contributed by atoms with E-state index in [1.807, 2.05) is 54.2 Å². The van der Waals surface area contributed by atoms with Crippen LogP contribution >= 0.6 is 0 Å². The maximum atomic E-state index is 13.3. The van der Waals surface area contributed by atoms with Gasteiger partial charge in [-0.25, -0.2) is 4.79 Å². The summed E-state index contributed by atoms with van der Waals surface area (Å²) in [6.07, 6.45) is 11.2. The molecule has 0 bridgehead atoms. The molecular weight excluding hydrogens is 735 g/mol. The number of nitriles is 1. The van der Waals surface area contributed by atoms with Crippen molar-refractivity contribution in [2.75, 3.05) is 44.6 Å². The second-order valence-electron chi connectivity index (χ2n) is 15.5. The molecule has 2 aliphatic heterocycles. The van der Waals surface area contributed by atoms with Gasteiger partial charge in [-0.2, -0.15) is 10.4 Å². The van der Waals surface area contributed by atoms with Gasteiger partial charge in [0, 0.05) is 71.0 Å². The molecule has 58 heavy (non-hydrogen) atoms. The zero-order valence-electron chi connectivity index (χ0n) is 32.6. The third kappa shape index (κ3) is 8.05. The topological polar surface area (TPSA) is 176 Å². The van der Waals surface area contributed by atoms with Gasteiger partial charge in [-0.1, -0.05) is 24.0 Å². The summed E-state index contributed by atoms with van der Waals surface area (Å²) >= 11 is 0. The van der Waals surface area contributed by atoms with Crippen LogP contribution in [0.4, 0.5) is 5.69 Å². The molecule has 0 spiro atoms. The highest BCUT2D eigenvalue weighted by atomic mass is 16.2. The van der Waals surface area contributed by atoms with Crippen LogP contribution in [-0.4, -0.2) is 95.7 Å². The maximum Gasteiger partial charge on any atom is 0.329 e. The van der Waals surface area contributed by atoms with Gasteiger partial charge in [0.25, 0.3) is 5.91 Å². The standard InChI is InChI=1S/C43H45N11O4/c1-28-8-13-34(46-23-28)39-35(47-41(56)32-21-30(22-44)24-45-25-32)27-53(49-39)33-11-9-29(10-12-33)26-52-19-17-51(18-20-52)16-4-6-31-5-3-7-36-40(31)50(2)43(58)54(36)37-14-15-38(55)48-42(37)57/h3,5,7-8,13,21,23-25,27,29,33,37H,9-12,14-20,26H2,1-2H3,(H,47,56)(H,48,55,57)/t29-,33-,37?.